The maximum Gasteiger partial charge on any atom is 0.336 e. The monoisotopic (exact) mass is 301 g/mol. The van der Waals surface area contributed by atoms with Crippen LogP contribution in [0.4, 0.5) is 0 Å². The van der Waals surface area contributed by atoms with Crippen molar-refractivity contribution in [3.05, 3.63) is 58.5 Å². The van der Waals surface area contributed by atoms with Gasteiger partial charge in [0.25, 0.3) is 5.91 Å². The third-order valence-corrected chi connectivity index (χ3v) is 3.63. The Morgan fingerprint density at radius 2 is 2.09 bits per heavy atom. The molecule has 2 heterocycles. The smallest absolute Gasteiger partial charge is 0.336 e. The molecule has 6 heteroatoms. The van der Waals surface area contributed by atoms with Crippen LogP contribution in [-0.4, -0.2) is 23.6 Å². The van der Waals surface area contributed by atoms with Crippen LogP contribution >= 0.6 is 0 Å². The Morgan fingerprint density at radius 1 is 1.27 bits per heavy atom. The van der Waals surface area contributed by atoms with Gasteiger partial charge in [0.1, 0.15) is 0 Å². The molecule has 0 unspecified atom stereocenters. The van der Waals surface area contributed by atoms with Crippen molar-refractivity contribution < 1.29 is 23.8 Å². The lowest BCUT2D eigenvalue weighted by atomic mass is 10.1. The summed E-state index contributed by atoms with van der Waals surface area (Å²) >= 11 is 0. The van der Waals surface area contributed by atoms with Crippen molar-refractivity contribution in [3.8, 4) is 0 Å². The van der Waals surface area contributed by atoms with E-state index in [2.05, 4.69) is 5.32 Å². The van der Waals surface area contributed by atoms with E-state index in [9.17, 15) is 9.59 Å². The fourth-order valence-electron chi connectivity index (χ4n) is 2.50. The highest BCUT2D eigenvalue weighted by molar-refractivity contribution is 5.94. The summed E-state index contributed by atoms with van der Waals surface area (Å²) in [5.41, 5.74) is 2.49. The van der Waals surface area contributed by atoms with Crippen molar-refractivity contribution in [2.45, 2.75) is 19.6 Å². The SMILES string of the molecule is O=C(O)c1ccccc1CNC(=O)c1occ2c1CCOC2. The topological polar surface area (TPSA) is 88.8 Å². The highest BCUT2D eigenvalue weighted by Gasteiger charge is 2.22. The number of carboxylic acids is 1. The number of benzene rings is 1. The van der Waals surface area contributed by atoms with Gasteiger partial charge < -0.3 is 19.6 Å². The highest BCUT2D eigenvalue weighted by Crippen LogP contribution is 2.23. The predicted molar refractivity (Wildman–Crippen MR) is 76.6 cm³/mol. The average Bonchev–Trinajstić information content (AvgIpc) is 2.97. The lowest BCUT2D eigenvalue weighted by Crippen LogP contribution is -2.25. The Kier molecular flexibility index (Phi) is 3.93. The highest BCUT2D eigenvalue weighted by atomic mass is 16.5. The fourth-order valence-corrected chi connectivity index (χ4v) is 2.50. The minimum atomic E-state index is -1.02. The second kappa shape index (κ2) is 6.03. The summed E-state index contributed by atoms with van der Waals surface area (Å²) in [6, 6.07) is 6.57. The van der Waals surface area contributed by atoms with Crippen molar-refractivity contribution in [1.29, 1.82) is 0 Å². The second-order valence-corrected chi connectivity index (χ2v) is 5.02. The normalized spacial score (nSPS) is 13.5. The molecule has 1 aliphatic heterocycles. The van der Waals surface area contributed by atoms with Crippen molar-refractivity contribution in [3.63, 3.8) is 0 Å². The summed E-state index contributed by atoms with van der Waals surface area (Å²) in [5, 5.41) is 11.8. The predicted octanol–water partition coefficient (Wildman–Crippen LogP) is 1.98. The molecular weight excluding hydrogens is 286 g/mol. The quantitative estimate of drug-likeness (QED) is 0.901. The van der Waals surface area contributed by atoms with E-state index in [4.69, 9.17) is 14.3 Å². The van der Waals surface area contributed by atoms with Crippen LogP contribution in [0.1, 0.15) is 37.6 Å². The van der Waals surface area contributed by atoms with E-state index in [0.29, 0.717) is 25.2 Å². The number of ether oxygens (including phenoxy) is 1. The van der Waals surface area contributed by atoms with E-state index in [0.717, 1.165) is 11.1 Å². The zero-order valence-electron chi connectivity index (χ0n) is 11.8. The van der Waals surface area contributed by atoms with Gasteiger partial charge in [0, 0.05) is 24.1 Å². The van der Waals surface area contributed by atoms with E-state index >= 15 is 0 Å². The molecule has 1 aliphatic rings. The lowest BCUT2D eigenvalue weighted by Gasteiger charge is -2.12. The Balaban J connectivity index is 1.73. The molecule has 0 saturated heterocycles. The van der Waals surface area contributed by atoms with Gasteiger partial charge in [-0.2, -0.15) is 0 Å². The number of aromatic carboxylic acids is 1. The molecule has 0 atom stereocenters. The summed E-state index contributed by atoms with van der Waals surface area (Å²) in [6.45, 7) is 1.15. The number of carbonyl (C=O) groups is 2. The molecule has 0 spiro atoms. The molecule has 0 aliphatic carbocycles. The van der Waals surface area contributed by atoms with Crippen LogP contribution in [-0.2, 0) is 24.3 Å². The molecule has 3 rings (SSSR count). The molecule has 0 radical (unpaired) electrons. The molecule has 6 nitrogen and oxygen atoms in total. The van der Waals surface area contributed by atoms with E-state index in [1.165, 1.54) is 12.3 Å². The van der Waals surface area contributed by atoms with Gasteiger partial charge in [-0.25, -0.2) is 4.79 Å². The summed E-state index contributed by atoms with van der Waals surface area (Å²) in [7, 11) is 0. The van der Waals surface area contributed by atoms with Crippen molar-refractivity contribution in [2.75, 3.05) is 6.61 Å². The largest absolute Gasteiger partial charge is 0.478 e. The molecule has 2 aromatic rings. The summed E-state index contributed by atoms with van der Waals surface area (Å²) in [5.74, 6) is -1.08. The average molecular weight is 301 g/mol. The Morgan fingerprint density at radius 3 is 2.91 bits per heavy atom. The molecular formula is C16H15NO5. The molecule has 0 fully saturated rings. The van der Waals surface area contributed by atoms with Crippen LogP contribution in [0.3, 0.4) is 0 Å². The Bertz CT molecular complexity index is 719. The number of amides is 1. The van der Waals surface area contributed by atoms with E-state index in [-0.39, 0.29) is 23.8 Å². The number of furan rings is 1. The standard InChI is InChI=1S/C16H15NO5/c18-15(14-12-5-6-21-8-11(12)9-22-14)17-7-10-3-1-2-4-13(10)16(19)20/h1-4,9H,5-8H2,(H,17,18)(H,19,20). The van der Waals surface area contributed by atoms with Gasteiger partial charge in [0.15, 0.2) is 5.76 Å². The molecule has 114 valence electrons. The number of rotatable bonds is 4. The molecule has 1 amide bonds. The zero-order valence-corrected chi connectivity index (χ0v) is 11.8. The van der Waals surface area contributed by atoms with Crippen LogP contribution < -0.4 is 5.32 Å². The number of nitrogens with one attached hydrogen (secondary N) is 1. The lowest BCUT2D eigenvalue weighted by molar-refractivity contribution is 0.0694. The van der Waals surface area contributed by atoms with Crippen LogP contribution in [0, 0.1) is 0 Å². The third-order valence-electron chi connectivity index (χ3n) is 3.63. The molecule has 0 bridgehead atoms. The van der Waals surface area contributed by atoms with Crippen molar-refractivity contribution in [2.24, 2.45) is 0 Å². The maximum absolute atomic E-state index is 12.2. The van der Waals surface area contributed by atoms with Gasteiger partial charge >= 0.3 is 5.97 Å². The summed E-state index contributed by atoms with van der Waals surface area (Å²) < 4.78 is 10.6. The summed E-state index contributed by atoms with van der Waals surface area (Å²) in [6.07, 6.45) is 2.18. The maximum atomic E-state index is 12.2. The van der Waals surface area contributed by atoms with Gasteiger partial charge in [-0.3, -0.25) is 4.79 Å². The molecule has 22 heavy (non-hydrogen) atoms. The Labute approximate surface area is 126 Å². The molecule has 1 aromatic carbocycles. The minimum absolute atomic E-state index is 0.132. The van der Waals surface area contributed by atoms with Gasteiger partial charge in [0.05, 0.1) is 25.0 Å². The van der Waals surface area contributed by atoms with E-state index in [1.54, 1.807) is 18.2 Å². The van der Waals surface area contributed by atoms with E-state index in [1.807, 2.05) is 0 Å². The first-order valence-corrected chi connectivity index (χ1v) is 6.93. The first-order valence-electron chi connectivity index (χ1n) is 6.93. The van der Waals surface area contributed by atoms with Crippen LogP contribution in [0.25, 0.3) is 0 Å². The van der Waals surface area contributed by atoms with Crippen LogP contribution in [0.5, 0.6) is 0 Å². The fraction of sp³-hybridized carbons (Fsp3) is 0.250. The summed E-state index contributed by atoms with van der Waals surface area (Å²) in [4.78, 5) is 23.4. The number of carbonyl (C=O) groups excluding carboxylic acids is 1. The van der Waals surface area contributed by atoms with Crippen LogP contribution in [0.15, 0.2) is 34.9 Å². The molecule has 0 saturated carbocycles. The first-order chi connectivity index (χ1) is 10.7. The first kappa shape index (κ1) is 14.3. The number of carboxylic acid groups (broad SMARTS) is 1. The number of fused-ring (bicyclic) bond motifs is 1. The molecule has 1 aromatic heterocycles. The second-order valence-electron chi connectivity index (χ2n) is 5.02. The number of hydrogen-bond acceptors (Lipinski definition) is 4. The van der Waals surface area contributed by atoms with Crippen molar-refractivity contribution in [1.82, 2.24) is 5.32 Å². The molecule has 2 N–H and O–H groups in total. The Hall–Kier alpha value is -2.60. The van der Waals surface area contributed by atoms with Gasteiger partial charge in [-0.15, -0.1) is 0 Å². The number of hydrogen-bond donors (Lipinski definition) is 2. The van der Waals surface area contributed by atoms with E-state index < -0.39 is 5.97 Å². The van der Waals surface area contributed by atoms with Gasteiger partial charge in [-0.05, 0) is 11.6 Å². The third kappa shape index (κ3) is 2.73. The van der Waals surface area contributed by atoms with Gasteiger partial charge in [0.2, 0.25) is 0 Å². The van der Waals surface area contributed by atoms with Crippen molar-refractivity contribution >= 4 is 11.9 Å². The van der Waals surface area contributed by atoms with Gasteiger partial charge in [-0.1, -0.05) is 18.2 Å². The van der Waals surface area contributed by atoms with Crippen LogP contribution in [0.2, 0.25) is 0 Å². The minimum Gasteiger partial charge on any atom is -0.478 e. The zero-order chi connectivity index (χ0) is 15.5.